The second-order valence-corrected chi connectivity index (χ2v) is 5.00. The van der Waals surface area contributed by atoms with Gasteiger partial charge in [-0.1, -0.05) is 23.7 Å². The highest BCUT2D eigenvalue weighted by atomic mass is 35.5. The van der Waals surface area contributed by atoms with E-state index < -0.39 is 5.97 Å². The van der Waals surface area contributed by atoms with Gasteiger partial charge in [0.05, 0.1) is 13.4 Å². The Morgan fingerprint density at radius 1 is 1.25 bits per heavy atom. The second kappa shape index (κ2) is 6.59. The maximum atomic E-state index is 11.5. The van der Waals surface area contributed by atoms with E-state index in [9.17, 15) is 4.79 Å². The third-order valence-corrected chi connectivity index (χ3v) is 3.18. The van der Waals surface area contributed by atoms with Crippen molar-refractivity contribution in [3.8, 4) is 0 Å². The topological polar surface area (TPSA) is 42.7 Å². The fraction of sp³-hybridized carbons (Fsp3) is 0.267. The molecule has 0 radical (unpaired) electrons. The molecule has 1 aromatic carbocycles. The van der Waals surface area contributed by atoms with Crippen molar-refractivity contribution < 1.29 is 13.9 Å². The van der Waals surface area contributed by atoms with Crippen molar-refractivity contribution in [2.75, 3.05) is 14.2 Å². The quantitative estimate of drug-likeness (QED) is 0.793. The summed E-state index contributed by atoms with van der Waals surface area (Å²) in [6.45, 7) is 1.35. The van der Waals surface area contributed by atoms with E-state index in [-0.39, 0.29) is 5.76 Å². The molecule has 0 amide bonds. The van der Waals surface area contributed by atoms with Gasteiger partial charge < -0.3 is 9.15 Å². The summed E-state index contributed by atoms with van der Waals surface area (Å²) in [5.41, 5.74) is 1.97. The molecule has 1 aromatic heterocycles. The zero-order valence-electron chi connectivity index (χ0n) is 11.4. The lowest BCUT2D eigenvalue weighted by molar-refractivity contribution is 0.0562. The molecule has 5 heteroatoms. The van der Waals surface area contributed by atoms with Crippen molar-refractivity contribution in [1.82, 2.24) is 4.90 Å². The van der Waals surface area contributed by atoms with E-state index in [1.807, 2.05) is 31.3 Å². The van der Waals surface area contributed by atoms with Crippen LogP contribution in [0.4, 0.5) is 0 Å². The predicted octanol–water partition coefficient (Wildman–Crippen LogP) is 3.35. The molecule has 0 saturated carbocycles. The van der Waals surface area contributed by atoms with Crippen LogP contribution in [0.15, 0.2) is 41.0 Å². The molecule has 0 fully saturated rings. The van der Waals surface area contributed by atoms with Crippen molar-refractivity contribution in [3.63, 3.8) is 0 Å². The highest BCUT2D eigenvalue weighted by Gasteiger charge is 2.16. The van der Waals surface area contributed by atoms with Crippen molar-refractivity contribution in [2.45, 2.75) is 13.1 Å². The van der Waals surface area contributed by atoms with Gasteiger partial charge in [-0.2, -0.15) is 0 Å². The summed E-state index contributed by atoms with van der Waals surface area (Å²) in [5.74, 6) is -0.194. The van der Waals surface area contributed by atoms with E-state index in [4.69, 9.17) is 16.0 Å². The van der Waals surface area contributed by atoms with Gasteiger partial charge in [0.2, 0.25) is 5.76 Å². The van der Waals surface area contributed by atoms with E-state index in [0.717, 1.165) is 22.7 Å². The van der Waals surface area contributed by atoms with Crippen LogP contribution < -0.4 is 0 Å². The number of nitrogens with zero attached hydrogens (tertiary/aromatic N) is 1. The van der Waals surface area contributed by atoms with Crippen LogP contribution in [-0.4, -0.2) is 25.0 Å². The molecule has 4 nitrogen and oxygen atoms in total. The number of benzene rings is 1. The number of carbonyl (C=O) groups excluding carboxylic acids is 1. The molecule has 2 rings (SSSR count). The van der Waals surface area contributed by atoms with Gasteiger partial charge in [0.15, 0.2) is 0 Å². The number of hydrogen-bond donors (Lipinski definition) is 0. The standard InChI is InChI=1S/C15H16ClNO3/c1-17(9-11-3-5-13(16)6-4-11)10-12-7-8-20-14(12)15(18)19-2/h3-8H,9-10H2,1-2H3. The molecule has 0 N–H and O–H groups in total. The summed E-state index contributed by atoms with van der Waals surface area (Å²) in [6.07, 6.45) is 1.50. The fourth-order valence-electron chi connectivity index (χ4n) is 1.98. The molecule has 0 atom stereocenters. The van der Waals surface area contributed by atoms with E-state index in [1.165, 1.54) is 13.4 Å². The zero-order valence-corrected chi connectivity index (χ0v) is 12.2. The molecule has 0 aliphatic heterocycles. The average molecular weight is 294 g/mol. The monoisotopic (exact) mass is 293 g/mol. The highest BCUT2D eigenvalue weighted by Crippen LogP contribution is 2.16. The molecule has 106 valence electrons. The van der Waals surface area contributed by atoms with Gasteiger partial charge in [0, 0.05) is 23.7 Å². The number of rotatable bonds is 5. The minimum absolute atomic E-state index is 0.260. The molecule has 0 bridgehead atoms. The fourth-order valence-corrected chi connectivity index (χ4v) is 2.11. The van der Waals surface area contributed by atoms with Crippen LogP contribution in [0.1, 0.15) is 21.7 Å². The third kappa shape index (κ3) is 3.62. The van der Waals surface area contributed by atoms with Crippen molar-refractivity contribution in [3.05, 3.63) is 58.5 Å². The Hall–Kier alpha value is -1.78. The number of halogens is 1. The van der Waals surface area contributed by atoms with Crippen molar-refractivity contribution in [1.29, 1.82) is 0 Å². The minimum atomic E-state index is -0.454. The van der Waals surface area contributed by atoms with Crippen LogP contribution >= 0.6 is 11.6 Å². The summed E-state index contributed by atoms with van der Waals surface area (Å²) in [6, 6.07) is 9.47. The van der Waals surface area contributed by atoms with E-state index in [0.29, 0.717) is 6.54 Å². The lowest BCUT2D eigenvalue weighted by Crippen LogP contribution is -2.18. The first-order valence-electron chi connectivity index (χ1n) is 6.18. The molecule has 2 aromatic rings. The average Bonchev–Trinajstić information content (AvgIpc) is 2.88. The number of carbonyl (C=O) groups is 1. The maximum absolute atomic E-state index is 11.5. The van der Waals surface area contributed by atoms with Crippen molar-refractivity contribution in [2.24, 2.45) is 0 Å². The van der Waals surface area contributed by atoms with E-state index in [2.05, 4.69) is 9.64 Å². The lowest BCUT2D eigenvalue weighted by Gasteiger charge is -2.16. The molecular weight excluding hydrogens is 278 g/mol. The Kier molecular flexibility index (Phi) is 4.82. The molecule has 0 saturated heterocycles. The summed E-state index contributed by atoms with van der Waals surface area (Å²) in [4.78, 5) is 13.6. The Balaban J connectivity index is 2.01. The molecular formula is C15H16ClNO3. The number of furan rings is 1. The Bertz CT molecular complexity index is 577. The maximum Gasteiger partial charge on any atom is 0.374 e. The SMILES string of the molecule is COC(=O)c1occc1CN(C)Cc1ccc(Cl)cc1. The largest absolute Gasteiger partial charge is 0.463 e. The molecule has 0 unspecified atom stereocenters. The minimum Gasteiger partial charge on any atom is -0.463 e. The zero-order chi connectivity index (χ0) is 14.5. The molecule has 0 aliphatic rings. The van der Waals surface area contributed by atoms with Gasteiger partial charge in [-0.05, 0) is 30.8 Å². The highest BCUT2D eigenvalue weighted by molar-refractivity contribution is 6.30. The first-order valence-corrected chi connectivity index (χ1v) is 6.55. The first kappa shape index (κ1) is 14.6. The van der Waals surface area contributed by atoms with Crippen LogP contribution in [0.5, 0.6) is 0 Å². The number of esters is 1. The Labute approximate surface area is 122 Å². The summed E-state index contributed by atoms with van der Waals surface area (Å²) >= 11 is 5.86. The lowest BCUT2D eigenvalue weighted by atomic mass is 10.2. The van der Waals surface area contributed by atoms with Crippen LogP contribution in [0.25, 0.3) is 0 Å². The third-order valence-electron chi connectivity index (χ3n) is 2.92. The summed E-state index contributed by atoms with van der Waals surface area (Å²) in [7, 11) is 3.31. The molecule has 0 spiro atoms. The first-order chi connectivity index (χ1) is 9.60. The molecule has 20 heavy (non-hydrogen) atoms. The predicted molar refractivity (Wildman–Crippen MR) is 76.7 cm³/mol. The van der Waals surface area contributed by atoms with Gasteiger partial charge in [-0.25, -0.2) is 4.79 Å². The van der Waals surface area contributed by atoms with Gasteiger partial charge in [0.25, 0.3) is 0 Å². The summed E-state index contributed by atoms with van der Waals surface area (Å²) in [5, 5.41) is 0.721. The van der Waals surface area contributed by atoms with Gasteiger partial charge in [0.1, 0.15) is 0 Å². The van der Waals surface area contributed by atoms with Crippen LogP contribution in [0, 0.1) is 0 Å². The van der Waals surface area contributed by atoms with E-state index in [1.54, 1.807) is 6.07 Å². The smallest absolute Gasteiger partial charge is 0.374 e. The number of ether oxygens (including phenoxy) is 1. The molecule has 0 aliphatic carbocycles. The van der Waals surface area contributed by atoms with Gasteiger partial charge in [-0.15, -0.1) is 0 Å². The summed E-state index contributed by atoms with van der Waals surface area (Å²) < 4.78 is 9.85. The second-order valence-electron chi connectivity index (χ2n) is 4.57. The van der Waals surface area contributed by atoms with Crippen LogP contribution in [0.3, 0.4) is 0 Å². The van der Waals surface area contributed by atoms with Crippen LogP contribution in [0.2, 0.25) is 5.02 Å². The Morgan fingerprint density at radius 3 is 2.60 bits per heavy atom. The normalized spacial score (nSPS) is 10.8. The number of hydrogen-bond acceptors (Lipinski definition) is 4. The van der Waals surface area contributed by atoms with Crippen LogP contribution in [-0.2, 0) is 17.8 Å². The molecule has 1 heterocycles. The van der Waals surface area contributed by atoms with E-state index >= 15 is 0 Å². The van der Waals surface area contributed by atoms with Gasteiger partial charge in [-0.3, -0.25) is 4.90 Å². The Morgan fingerprint density at radius 2 is 1.95 bits per heavy atom. The van der Waals surface area contributed by atoms with Crippen molar-refractivity contribution >= 4 is 17.6 Å². The van der Waals surface area contributed by atoms with Gasteiger partial charge >= 0.3 is 5.97 Å². The number of methoxy groups -OCH3 is 1.